The van der Waals surface area contributed by atoms with Gasteiger partial charge in [0, 0.05) is 0 Å². The fourth-order valence-corrected chi connectivity index (χ4v) is 4.83. The summed E-state index contributed by atoms with van der Waals surface area (Å²) < 4.78 is 37.2. The van der Waals surface area contributed by atoms with E-state index in [1.165, 1.54) is 18.2 Å². The highest BCUT2D eigenvalue weighted by molar-refractivity contribution is 7.89. The molecule has 1 aliphatic heterocycles. The number of hydrogen-bond acceptors (Lipinski definition) is 9. The summed E-state index contributed by atoms with van der Waals surface area (Å²) in [5.41, 5.74) is 6.34. The second-order valence-corrected chi connectivity index (χ2v) is 9.48. The molecule has 3 N–H and O–H groups in total. The summed E-state index contributed by atoms with van der Waals surface area (Å²) in [6.45, 7) is 5.86. The zero-order valence-corrected chi connectivity index (χ0v) is 19.5. The summed E-state index contributed by atoms with van der Waals surface area (Å²) in [5, 5.41) is 2.92. The Morgan fingerprint density at radius 3 is 2.55 bits per heavy atom. The van der Waals surface area contributed by atoms with Gasteiger partial charge in [-0.1, -0.05) is 30.4 Å². The van der Waals surface area contributed by atoms with Gasteiger partial charge in [0.1, 0.15) is 18.7 Å². The molecule has 1 aromatic rings. The molecule has 0 unspecified atom stereocenters. The third-order valence-corrected chi connectivity index (χ3v) is 6.90. The molecule has 2 rings (SSSR count). The van der Waals surface area contributed by atoms with Gasteiger partial charge in [-0.05, 0) is 64.3 Å². The molecule has 182 valence electrons. The number of benzene rings is 1. The minimum Gasteiger partial charge on any atom is -0.444 e. The van der Waals surface area contributed by atoms with Crippen LogP contribution in [0.15, 0.2) is 41.8 Å². The van der Waals surface area contributed by atoms with Crippen molar-refractivity contribution in [3.63, 3.8) is 0 Å². The summed E-state index contributed by atoms with van der Waals surface area (Å²) in [6, 6.07) is 3.52. The van der Waals surface area contributed by atoms with Gasteiger partial charge in [-0.3, -0.25) is 0 Å². The quantitative estimate of drug-likeness (QED) is 0.208. The lowest BCUT2D eigenvalue weighted by Gasteiger charge is -2.28. The number of unbranched alkanes of at least 4 members (excludes halogenated alkanes) is 1. The predicted octanol–water partition coefficient (Wildman–Crippen LogP) is 1.63. The molecule has 11 heteroatoms. The summed E-state index contributed by atoms with van der Waals surface area (Å²) in [7, 11) is -4.52. The van der Waals surface area contributed by atoms with Gasteiger partial charge >= 0.3 is 18.0 Å². The Bertz CT molecular complexity index is 941. The van der Waals surface area contributed by atoms with Crippen LogP contribution in [0.3, 0.4) is 0 Å². The maximum Gasteiger partial charge on any atom is 0.424 e. The SMILES string of the molecule is C=CCOC(=O)N([C@@H](CCCCN)C(=O)OC(=O)[C@@H]1CCCN1)S(=O)(=O)c1ccc(C)cc1. The number of ether oxygens (including phenoxy) is 2. The average Bonchev–Trinajstić information content (AvgIpc) is 3.32. The molecule has 0 bridgehead atoms. The van der Waals surface area contributed by atoms with Crippen molar-refractivity contribution in [3.05, 3.63) is 42.5 Å². The maximum atomic E-state index is 13.4. The number of amides is 1. The van der Waals surface area contributed by atoms with Crippen molar-refractivity contribution < 1.29 is 32.3 Å². The van der Waals surface area contributed by atoms with Crippen molar-refractivity contribution >= 4 is 28.1 Å². The molecule has 1 heterocycles. The van der Waals surface area contributed by atoms with Crippen LogP contribution >= 0.6 is 0 Å². The predicted molar refractivity (Wildman–Crippen MR) is 121 cm³/mol. The molecule has 10 nitrogen and oxygen atoms in total. The number of nitrogens with one attached hydrogen (secondary N) is 1. The lowest BCUT2D eigenvalue weighted by molar-refractivity contribution is -0.163. The topological polar surface area (TPSA) is 145 Å². The van der Waals surface area contributed by atoms with E-state index >= 15 is 0 Å². The van der Waals surface area contributed by atoms with Crippen LogP contribution in [-0.4, -0.2) is 62.5 Å². The number of sulfonamides is 1. The van der Waals surface area contributed by atoms with Crippen LogP contribution in [0, 0.1) is 6.92 Å². The molecule has 0 spiro atoms. The summed E-state index contributed by atoms with van der Waals surface area (Å²) >= 11 is 0. The van der Waals surface area contributed by atoms with E-state index in [2.05, 4.69) is 11.9 Å². The standard InChI is InChI=1S/C22H31N3O7S/c1-3-15-31-22(28)25(33(29,30)17-11-9-16(2)10-12-17)19(8-4-5-13-23)21(27)32-20(26)18-7-6-14-24-18/h3,9-12,18-19,24H,1,4-8,13-15,23H2,2H3/t18-,19-/m0/s1. The molecule has 1 fully saturated rings. The Morgan fingerprint density at radius 2 is 1.97 bits per heavy atom. The number of esters is 2. The van der Waals surface area contributed by atoms with Crippen LogP contribution in [0.25, 0.3) is 0 Å². The second kappa shape index (κ2) is 12.5. The monoisotopic (exact) mass is 481 g/mol. The van der Waals surface area contributed by atoms with Gasteiger partial charge in [-0.25, -0.2) is 22.8 Å². The van der Waals surface area contributed by atoms with Gasteiger partial charge in [-0.2, -0.15) is 4.31 Å². The van der Waals surface area contributed by atoms with Crippen LogP contribution < -0.4 is 11.1 Å². The molecule has 1 saturated heterocycles. The molecule has 1 aliphatic rings. The van der Waals surface area contributed by atoms with Gasteiger partial charge in [0.15, 0.2) is 0 Å². The van der Waals surface area contributed by atoms with Crippen molar-refractivity contribution in [2.75, 3.05) is 19.7 Å². The molecule has 0 aromatic heterocycles. The molecular formula is C22H31N3O7S. The molecule has 0 radical (unpaired) electrons. The van der Waals surface area contributed by atoms with Crippen LogP contribution in [0.4, 0.5) is 4.79 Å². The van der Waals surface area contributed by atoms with Gasteiger partial charge in [-0.15, -0.1) is 0 Å². The van der Waals surface area contributed by atoms with E-state index in [9.17, 15) is 22.8 Å². The smallest absolute Gasteiger partial charge is 0.424 e. The Labute approximate surface area is 194 Å². The van der Waals surface area contributed by atoms with Crippen LogP contribution in [0.2, 0.25) is 0 Å². The van der Waals surface area contributed by atoms with Gasteiger partial charge in [0.2, 0.25) is 0 Å². The van der Waals surface area contributed by atoms with E-state index in [4.69, 9.17) is 15.2 Å². The highest BCUT2D eigenvalue weighted by Gasteiger charge is 2.42. The number of aryl methyl sites for hydroxylation is 1. The van der Waals surface area contributed by atoms with Crippen LogP contribution in [0.5, 0.6) is 0 Å². The first-order valence-electron chi connectivity index (χ1n) is 10.8. The summed E-state index contributed by atoms with van der Waals surface area (Å²) in [5.74, 6) is -1.95. The average molecular weight is 482 g/mol. The first-order chi connectivity index (χ1) is 15.7. The highest BCUT2D eigenvalue weighted by atomic mass is 32.2. The Hall–Kier alpha value is -2.76. The van der Waals surface area contributed by atoms with E-state index in [0.29, 0.717) is 36.7 Å². The number of rotatable bonds is 11. The van der Waals surface area contributed by atoms with Crippen molar-refractivity contribution in [1.29, 1.82) is 0 Å². The van der Waals surface area contributed by atoms with Crippen molar-refractivity contribution in [1.82, 2.24) is 9.62 Å². The fourth-order valence-electron chi connectivity index (χ4n) is 3.35. The van der Waals surface area contributed by atoms with E-state index in [-0.39, 0.29) is 17.9 Å². The number of carbonyl (C=O) groups is 3. The first kappa shape index (κ1) is 26.5. The minimum atomic E-state index is -4.52. The lowest BCUT2D eigenvalue weighted by Crippen LogP contribution is -2.50. The molecule has 2 atom stereocenters. The van der Waals surface area contributed by atoms with Gasteiger partial charge in [0.25, 0.3) is 10.0 Å². The van der Waals surface area contributed by atoms with Gasteiger partial charge < -0.3 is 20.5 Å². The Balaban J connectivity index is 2.42. The highest BCUT2D eigenvalue weighted by Crippen LogP contribution is 2.24. The number of carbonyl (C=O) groups excluding carboxylic acids is 3. The number of hydrogen-bond donors (Lipinski definition) is 2. The summed E-state index contributed by atoms with van der Waals surface area (Å²) in [6.07, 6.45) is 1.95. The minimum absolute atomic E-state index is 0.0876. The zero-order valence-electron chi connectivity index (χ0n) is 18.7. The molecule has 0 aliphatic carbocycles. The molecule has 0 saturated carbocycles. The van der Waals surface area contributed by atoms with E-state index in [1.807, 2.05) is 0 Å². The largest absolute Gasteiger partial charge is 0.444 e. The lowest BCUT2D eigenvalue weighted by atomic mass is 10.1. The zero-order chi connectivity index (χ0) is 24.4. The molecule has 33 heavy (non-hydrogen) atoms. The molecule has 1 amide bonds. The number of nitrogens with two attached hydrogens (primary N) is 1. The fraction of sp³-hybridized carbons (Fsp3) is 0.500. The molecular weight excluding hydrogens is 450 g/mol. The van der Waals surface area contributed by atoms with Crippen molar-refractivity contribution in [2.24, 2.45) is 5.73 Å². The van der Waals surface area contributed by atoms with E-state index in [0.717, 1.165) is 12.0 Å². The Morgan fingerprint density at radius 1 is 1.27 bits per heavy atom. The third kappa shape index (κ3) is 7.11. The van der Waals surface area contributed by atoms with E-state index < -0.39 is 40.1 Å². The van der Waals surface area contributed by atoms with Crippen molar-refractivity contribution in [2.45, 2.75) is 56.0 Å². The maximum absolute atomic E-state index is 13.4. The normalized spacial score (nSPS) is 16.6. The van der Waals surface area contributed by atoms with Gasteiger partial charge in [0.05, 0.1) is 4.90 Å². The van der Waals surface area contributed by atoms with Crippen molar-refractivity contribution in [3.8, 4) is 0 Å². The molecule has 1 aromatic carbocycles. The van der Waals surface area contributed by atoms with Crippen LogP contribution in [-0.2, 0) is 29.1 Å². The summed E-state index contributed by atoms with van der Waals surface area (Å²) in [4.78, 5) is 38.1. The number of nitrogens with zero attached hydrogens (tertiary/aromatic N) is 1. The van der Waals surface area contributed by atoms with E-state index in [1.54, 1.807) is 19.1 Å². The first-order valence-corrected chi connectivity index (χ1v) is 12.2. The second-order valence-electron chi connectivity index (χ2n) is 7.67. The Kier molecular flexibility index (Phi) is 10.0. The third-order valence-electron chi connectivity index (χ3n) is 5.12. The van der Waals surface area contributed by atoms with Crippen LogP contribution in [0.1, 0.15) is 37.7 Å².